The monoisotopic (exact) mass is 326 g/mol. The van der Waals surface area contributed by atoms with Gasteiger partial charge < -0.3 is 15.3 Å². The van der Waals surface area contributed by atoms with Crippen molar-refractivity contribution in [2.45, 2.75) is 20.8 Å². The number of anilines is 1. The fraction of sp³-hybridized carbons (Fsp3) is 0.263. The molecule has 0 radical (unpaired) electrons. The number of benzene rings is 2. The summed E-state index contributed by atoms with van der Waals surface area (Å²) in [5.41, 5.74) is 3.74. The van der Waals surface area contributed by atoms with E-state index in [1.807, 2.05) is 39.0 Å². The lowest BCUT2D eigenvalue weighted by atomic mass is 10.1. The molecule has 2 aromatic carbocycles. The summed E-state index contributed by atoms with van der Waals surface area (Å²) in [5, 5.41) is 12.7. The van der Waals surface area contributed by atoms with Crippen LogP contribution in [0.4, 0.5) is 5.69 Å². The number of aromatic hydroxyl groups is 1. The second-order valence-corrected chi connectivity index (χ2v) is 6.00. The second-order valence-electron chi connectivity index (χ2n) is 6.00. The van der Waals surface area contributed by atoms with Gasteiger partial charge in [0.05, 0.1) is 12.1 Å². The van der Waals surface area contributed by atoms with E-state index < -0.39 is 5.91 Å². The van der Waals surface area contributed by atoms with Crippen LogP contribution in [0.15, 0.2) is 36.4 Å². The standard InChI is InChI=1S/C19H22N2O3/c1-12-8-9-15(16(22)10-12)19(24)21(4)11-17(23)20-18-13(2)6-5-7-14(18)3/h5-10,22H,11H2,1-4H3,(H,20,23). The van der Waals surface area contributed by atoms with Crippen LogP contribution in [0.1, 0.15) is 27.0 Å². The molecule has 0 spiro atoms. The molecule has 0 fully saturated rings. The lowest BCUT2D eigenvalue weighted by Gasteiger charge is -2.18. The highest BCUT2D eigenvalue weighted by molar-refractivity contribution is 6.01. The summed E-state index contributed by atoms with van der Waals surface area (Å²) in [6.45, 7) is 5.57. The van der Waals surface area contributed by atoms with E-state index in [2.05, 4.69) is 5.32 Å². The maximum absolute atomic E-state index is 12.4. The molecule has 2 aromatic rings. The highest BCUT2D eigenvalue weighted by atomic mass is 16.3. The molecule has 0 saturated heterocycles. The highest BCUT2D eigenvalue weighted by Crippen LogP contribution is 2.21. The molecule has 5 heteroatoms. The minimum Gasteiger partial charge on any atom is -0.507 e. The first-order valence-electron chi connectivity index (χ1n) is 7.70. The molecule has 0 unspecified atom stereocenters. The molecule has 2 rings (SSSR count). The summed E-state index contributed by atoms with van der Waals surface area (Å²) in [5.74, 6) is -0.763. The van der Waals surface area contributed by atoms with Crippen molar-refractivity contribution in [1.82, 2.24) is 4.90 Å². The van der Waals surface area contributed by atoms with Crippen molar-refractivity contribution < 1.29 is 14.7 Å². The molecule has 2 N–H and O–H groups in total. The Morgan fingerprint density at radius 2 is 1.71 bits per heavy atom. The van der Waals surface area contributed by atoms with Gasteiger partial charge in [0.25, 0.3) is 5.91 Å². The smallest absolute Gasteiger partial charge is 0.257 e. The van der Waals surface area contributed by atoms with E-state index in [9.17, 15) is 14.7 Å². The number of carbonyl (C=O) groups is 2. The number of hydrogen-bond acceptors (Lipinski definition) is 3. The maximum Gasteiger partial charge on any atom is 0.257 e. The number of hydrogen-bond donors (Lipinski definition) is 2. The van der Waals surface area contributed by atoms with Crippen LogP contribution in [-0.2, 0) is 4.79 Å². The molecule has 0 heterocycles. The van der Waals surface area contributed by atoms with E-state index in [0.29, 0.717) is 0 Å². The van der Waals surface area contributed by atoms with Gasteiger partial charge in [0.1, 0.15) is 5.75 Å². The average Bonchev–Trinajstić information content (AvgIpc) is 2.50. The zero-order chi connectivity index (χ0) is 17.9. The number of likely N-dealkylation sites (N-methyl/N-ethyl adjacent to an activating group) is 1. The van der Waals surface area contributed by atoms with Gasteiger partial charge in [0.15, 0.2) is 0 Å². The van der Waals surface area contributed by atoms with Crippen LogP contribution in [0, 0.1) is 20.8 Å². The molecule has 0 aromatic heterocycles. The Hall–Kier alpha value is -2.82. The summed E-state index contributed by atoms with van der Waals surface area (Å²) < 4.78 is 0. The fourth-order valence-electron chi connectivity index (χ4n) is 2.51. The number of nitrogens with zero attached hydrogens (tertiary/aromatic N) is 1. The van der Waals surface area contributed by atoms with E-state index in [1.54, 1.807) is 12.1 Å². The van der Waals surface area contributed by atoms with Crippen LogP contribution >= 0.6 is 0 Å². The van der Waals surface area contributed by atoms with Crippen LogP contribution in [-0.4, -0.2) is 35.4 Å². The van der Waals surface area contributed by atoms with Gasteiger partial charge >= 0.3 is 0 Å². The topological polar surface area (TPSA) is 69.6 Å². The van der Waals surface area contributed by atoms with Gasteiger partial charge in [-0.3, -0.25) is 9.59 Å². The molecule has 5 nitrogen and oxygen atoms in total. The maximum atomic E-state index is 12.4. The van der Waals surface area contributed by atoms with Gasteiger partial charge in [-0.2, -0.15) is 0 Å². The third-order valence-corrected chi connectivity index (χ3v) is 3.86. The largest absolute Gasteiger partial charge is 0.507 e. The third-order valence-electron chi connectivity index (χ3n) is 3.86. The van der Waals surface area contributed by atoms with Crippen LogP contribution in [0.3, 0.4) is 0 Å². The number of aryl methyl sites for hydroxylation is 3. The number of amides is 2. The molecule has 0 atom stereocenters. The molecule has 0 saturated carbocycles. The van der Waals surface area contributed by atoms with E-state index in [-0.39, 0.29) is 23.8 Å². The molecule has 0 aliphatic carbocycles. The molecule has 0 aliphatic heterocycles. The third kappa shape index (κ3) is 3.93. The Kier molecular flexibility index (Phi) is 5.24. The van der Waals surface area contributed by atoms with Crippen LogP contribution in [0.2, 0.25) is 0 Å². The predicted molar refractivity (Wildman–Crippen MR) is 94.4 cm³/mol. The van der Waals surface area contributed by atoms with Gasteiger partial charge in [-0.05, 0) is 49.6 Å². The SMILES string of the molecule is Cc1ccc(C(=O)N(C)CC(=O)Nc2c(C)cccc2C)c(O)c1. The van der Waals surface area contributed by atoms with Gasteiger partial charge in [-0.15, -0.1) is 0 Å². The highest BCUT2D eigenvalue weighted by Gasteiger charge is 2.18. The summed E-state index contributed by atoms with van der Waals surface area (Å²) in [6, 6.07) is 10.6. The lowest BCUT2D eigenvalue weighted by molar-refractivity contribution is -0.116. The molecule has 2 amide bonds. The number of rotatable bonds is 4. The fourth-order valence-corrected chi connectivity index (χ4v) is 2.51. The summed E-state index contributed by atoms with van der Waals surface area (Å²) in [4.78, 5) is 25.9. The van der Waals surface area contributed by atoms with Crippen molar-refractivity contribution >= 4 is 17.5 Å². The van der Waals surface area contributed by atoms with Gasteiger partial charge in [-0.25, -0.2) is 0 Å². The number of phenols is 1. The van der Waals surface area contributed by atoms with Crippen molar-refractivity contribution in [3.8, 4) is 5.75 Å². The first kappa shape index (κ1) is 17.5. The van der Waals surface area contributed by atoms with Crippen LogP contribution in [0.25, 0.3) is 0 Å². The van der Waals surface area contributed by atoms with Crippen molar-refractivity contribution in [2.75, 3.05) is 18.9 Å². The Bertz CT molecular complexity index is 764. The van der Waals surface area contributed by atoms with E-state index in [4.69, 9.17) is 0 Å². The quantitative estimate of drug-likeness (QED) is 0.907. The zero-order valence-corrected chi connectivity index (χ0v) is 14.4. The van der Waals surface area contributed by atoms with Crippen molar-refractivity contribution in [3.05, 3.63) is 58.7 Å². The Morgan fingerprint density at radius 1 is 1.08 bits per heavy atom. The number of nitrogens with one attached hydrogen (secondary N) is 1. The molecular formula is C19H22N2O3. The van der Waals surface area contributed by atoms with E-state index >= 15 is 0 Å². The number of para-hydroxylation sites is 1. The first-order valence-corrected chi connectivity index (χ1v) is 7.70. The molecule has 0 aliphatic rings. The number of phenolic OH excluding ortho intramolecular Hbond substituents is 1. The van der Waals surface area contributed by atoms with Gasteiger partial charge in [0.2, 0.25) is 5.91 Å². The van der Waals surface area contributed by atoms with Gasteiger partial charge in [0, 0.05) is 12.7 Å². The zero-order valence-electron chi connectivity index (χ0n) is 14.4. The average molecular weight is 326 g/mol. The van der Waals surface area contributed by atoms with Crippen molar-refractivity contribution in [3.63, 3.8) is 0 Å². The summed E-state index contributed by atoms with van der Waals surface area (Å²) >= 11 is 0. The Labute approximate surface area is 141 Å². The van der Waals surface area contributed by atoms with Crippen molar-refractivity contribution in [1.29, 1.82) is 0 Å². The minimum atomic E-state index is -0.399. The van der Waals surface area contributed by atoms with Crippen LogP contribution in [0.5, 0.6) is 5.75 Å². The molecule has 126 valence electrons. The van der Waals surface area contributed by atoms with Gasteiger partial charge in [-0.1, -0.05) is 24.3 Å². The Morgan fingerprint density at radius 3 is 2.29 bits per heavy atom. The summed E-state index contributed by atoms with van der Waals surface area (Å²) in [7, 11) is 1.53. The van der Waals surface area contributed by atoms with Crippen molar-refractivity contribution in [2.24, 2.45) is 0 Å². The van der Waals surface area contributed by atoms with E-state index in [0.717, 1.165) is 22.4 Å². The first-order chi connectivity index (χ1) is 11.3. The normalized spacial score (nSPS) is 10.3. The Balaban J connectivity index is 2.07. The molecular weight excluding hydrogens is 304 g/mol. The lowest BCUT2D eigenvalue weighted by Crippen LogP contribution is -2.35. The second kappa shape index (κ2) is 7.17. The van der Waals surface area contributed by atoms with Crippen LogP contribution < -0.4 is 5.32 Å². The number of carbonyl (C=O) groups excluding carboxylic acids is 2. The predicted octanol–water partition coefficient (Wildman–Crippen LogP) is 3.03. The van der Waals surface area contributed by atoms with E-state index in [1.165, 1.54) is 18.0 Å². The molecule has 24 heavy (non-hydrogen) atoms. The minimum absolute atomic E-state index is 0.0815. The summed E-state index contributed by atoms with van der Waals surface area (Å²) in [6.07, 6.45) is 0. The molecule has 0 bridgehead atoms.